The van der Waals surface area contributed by atoms with Crippen molar-refractivity contribution in [1.29, 1.82) is 0 Å². The SMILES string of the molecule is Cc1c(CC(=O)O)c(=O)c2cccc(F)c2n1C1CC1. The van der Waals surface area contributed by atoms with Gasteiger partial charge in [0, 0.05) is 22.7 Å². The van der Waals surface area contributed by atoms with Gasteiger partial charge in [0.15, 0.2) is 5.43 Å². The number of nitrogens with zero attached hydrogens (tertiary/aromatic N) is 1. The fraction of sp³-hybridized carbons (Fsp3) is 0.333. The first-order chi connectivity index (χ1) is 9.50. The molecule has 0 atom stereocenters. The summed E-state index contributed by atoms with van der Waals surface area (Å²) >= 11 is 0. The predicted octanol–water partition coefficient (Wildman–Crippen LogP) is 2.41. The van der Waals surface area contributed by atoms with Crippen LogP contribution in [0, 0.1) is 12.7 Å². The Morgan fingerprint density at radius 2 is 2.15 bits per heavy atom. The monoisotopic (exact) mass is 275 g/mol. The van der Waals surface area contributed by atoms with Crippen LogP contribution < -0.4 is 5.43 Å². The normalized spacial score (nSPS) is 14.7. The first-order valence-electron chi connectivity index (χ1n) is 6.54. The quantitative estimate of drug-likeness (QED) is 0.935. The summed E-state index contributed by atoms with van der Waals surface area (Å²) in [6.07, 6.45) is 1.53. The molecular weight excluding hydrogens is 261 g/mol. The number of fused-ring (bicyclic) bond motifs is 1. The average Bonchev–Trinajstić information content (AvgIpc) is 3.20. The van der Waals surface area contributed by atoms with Gasteiger partial charge >= 0.3 is 5.97 Å². The lowest BCUT2D eigenvalue weighted by molar-refractivity contribution is -0.136. The van der Waals surface area contributed by atoms with Crippen LogP contribution in [0.4, 0.5) is 4.39 Å². The Bertz CT molecular complexity index is 775. The summed E-state index contributed by atoms with van der Waals surface area (Å²) in [7, 11) is 0. The molecule has 0 unspecified atom stereocenters. The molecule has 0 aliphatic heterocycles. The number of benzene rings is 1. The van der Waals surface area contributed by atoms with E-state index in [2.05, 4.69) is 0 Å². The van der Waals surface area contributed by atoms with Crippen molar-refractivity contribution >= 4 is 16.9 Å². The minimum Gasteiger partial charge on any atom is -0.481 e. The van der Waals surface area contributed by atoms with E-state index in [0.29, 0.717) is 11.2 Å². The van der Waals surface area contributed by atoms with Gasteiger partial charge < -0.3 is 9.67 Å². The van der Waals surface area contributed by atoms with Gasteiger partial charge in [0.25, 0.3) is 0 Å². The summed E-state index contributed by atoms with van der Waals surface area (Å²) in [6, 6.07) is 4.54. The summed E-state index contributed by atoms with van der Waals surface area (Å²) < 4.78 is 15.9. The summed E-state index contributed by atoms with van der Waals surface area (Å²) in [4.78, 5) is 23.3. The van der Waals surface area contributed by atoms with E-state index in [4.69, 9.17) is 5.11 Å². The first kappa shape index (κ1) is 12.8. The minimum atomic E-state index is -1.05. The van der Waals surface area contributed by atoms with Crippen LogP contribution in [0.1, 0.15) is 30.1 Å². The predicted molar refractivity (Wildman–Crippen MR) is 72.5 cm³/mol. The summed E-state index contributed by atoms with van der Waals surface area (Å²) in [6.45, 7) is 1.70. The second-order valence-electron chi connectivity index (χ2n) is 5.20. The van der Waals surface area contributed by atoms with Crippen molar-refractivity contribution in [3.8, 4) is 0 Å². The maximum absolute atomic E-state index is 14.1. The van der Waals surface area contributed by atoms with Crippen LogP contribution in [-0.4, -0.2) is 15.6 Å². The van der Waals surface area contributed by atoms with Gasteiger partial charge in [-0.15, -0.1) is 0 Å². The number of para-hydroxylation sites is 1. The van der Waals surface area contributed by atoms with Crippen molar-refractivity contribution in [2.24, 2.45) is 0 Å². The third-order valence-electron chi connectivity index (χ3n) is 3.78. The van der Waals surface area contributed by atoms with E-state index in [-0.39, 0.29) is 28.8 Å². The Labute approximate surface area is 114 Å². The van der Waals surface area contributed by atoms with E-state index in [1.54, 1.807) is 17.6 Å². The first-order valence-corrected chi connectivity index (χ1v) is 6.54. The lowest BCUT2D eigenvalue weighted by atomic mass is 10.0. The van der Waals surface area contributed by atoms with E-state index < -0.39 is 11.8 Å². The molecule has 4 nitrogen and oxygen atoms in total. The fourth-order valence-corrected chi connectivity index (χ4v) is 2.73. The van der Waals surface area contributed by atoms with Gasteiger partial charge in [-0.1, -0.05) is 6.07 Å². The maximum atomic E-state index is 14.1. The Kier molecular flexibility index (Phi) is 2.85. The number of carboxylic acid groups (broad SMARTS) is 1. The Morgan fingerprint density at radius 1 is 1.45 bits per heavy atom. The zero-order chi connectivity index (χ0) is 14.4. The molecule has 1 aromatic carbocycles. The number of rotatable bonds is 3. The number of carboxylic acids is 1. The zero-order valence-corrected chi connectivity index (χ0v) is 11.0. The molecule has 1 N–H and O–H groups in total. The standard InChI is InChI=1S/C15H14FNO3/c1-8-11(7-13(18)19)15(20)10-3-2-4-12(16)14(10)17(8)9-5-6-9/h2-4,9H,5-7H2,1H3,(H,18,19). The molecule has 1 heterocycles. The second-order valence-corrected chi connectivity index (χ2v) is 5.20. The Hall–Kier alpha value is -2.17. The summed E-state index contributed by atoms with van der Waals surface area (Å²) in [5, 5.41) is 9.23. The molecule has 0 amide bonds. The molecule has 1 saturated carbocycles. The third kappa shape index (κ3) is 1.90. The number of aromatic nitrogens is 1. The minimum absolute atomic E-state index is 0.169. The second kappa shape index (κ2) is 4.44. The van der Waals surface area contributed by atoms with Crippen LogP contribution in [0.2, 0.25) is 0 Å². The van der Waals surface area contributed by atoms with Gasteiger partial charge in [0.2, 0.25) is 0 Å². The lowest BCUT2D eigenvalue weighted by Crippen LogP contribution is -2.21. The molecule has 0 saturated heterocycles. The molecule has 0 radical (unpaired) electrons. The van der Waals surface area contributed by atoms with Crippen LogP contribution in [0.25, 0.3) is 10.9 Å². The molecule has 104 valence electrons. The lowest BCUT2D eigenvalue weighted by Gasteiger charge is -2.17. The van der Waals surface area contributed by atoms with Gasteiger partial charge in [-0.2, -0.15) is 0 Å². The number of aliphatic carboxylic acids is 1. The van der Waals surface area contributed by atoms with Crippen molar-refractivity contribution in [1.82, 2.24) is 4.57 Å². The molecule has 2 aromatic rings. The topological polar surface area (TPSA) is 59.3 Å². The van der Waals surface area contributed by atoms with Crippen LogP contribution >= 0.6 is 0 Å². The molecule has 0 bridgehead atoms. The number of pyridine rings is 1. The van der Waals surface area contributed by atoms with Gasteiger partial charge in [-0.05, 0) is 31.9 Å². The molecule has 1 aliphatic carbocycles. The Balaban J connectivity index is 2.43. The molecule has 20 heavy (non-hydrogen) atoms. The number of carbonyl (C=O) groups is 1. The molecule has 1 aliphatic rings. The van der Waals surface area contributed by atoms with Gasteiger partial charge in [0.1, 0.15) is 5.82 Å². The van der Waals surface area contributed by atoms with E-state index in [0.717, 1.165) is 12.8 Å². The van der Waals surface area contributed by atoms with Crippen molar-refractivity contribution in [2.75, 3.05) is 0 Å². The summed E-state index contributed by atoms with van der Waals surface area (Å²) in [5.41, 5.74) is 0.739. The molecular formula is C15H14FNO3. The van der Waals surface area contributed by atoms with Gasteiger partial charge in [0.05, 0.1) is 11.9 Å². The molecule has 1 aromatic heterocycles. The molecule has 0 spiro atoms. The fourth-order valence-electron chi connectivity index (χ4n) is 2.73. The molecule has 1 fully saturated rings. The van der Waals surface area contributed by atoms with Crippen LogP contribution in [0.3, 0.4) is 0 Å². The van der Waals surface area contributed by atoms with Crippen molar-refractivity contribution in [3.05, 3.63) is 45.5 Å². The smallest absolute Gasteiger partial charge is 0.308 e. The van der Waals surface area contributed by atoms with Crippen LogP contribution in [0.5, 0.6) is 0 Å². The van der Waals surface area contributed by atoms with Crippen LogP contribution in [0.15, 0.2) is 23.0 Å². The zero-order valence-electron chi connectivity index (χ0n) is 11.0. The third-order valence-corrected chi connectivity index (χ3v) is 3.78. The van der Waals surface area contributed by atoms with Crippen molar-refractivity contribution in [2.45, 2.75) is 32.2 Å². The van der Waals surface area contributed by atoms with Crippen LogP contribution in [-0.2, 0) is 11.2 Å². The average molecular weight is 275 g/mol. The Morgan fingerprint density at radius 3 is 2.75 bits per heavy atom. The van der Waals surface area contributed by atoms with E-state index >= 15 is 0 Å². The highest BCUT2D eigenvalue weighted by Gasteiger charge is 2.29. The van der Waals surface area contributed by atoms with Crippen molar-refractivity contribution < 1.29 is 14.3 Å². The van der Waals surface area contributed by atoms with E-state index in [9.17, 15) is 14.0 Å². The van der Waals surface area contributed by atoms with Crippen molar-refractivity contribution in [3.63, 3.8) is 0 Å². The summed E-state index contributed by atoms with van der Waals surface area (Å²) in [5.74, 6) is -1.49. The highest BCUT2D eigenvalue weighted by Crippen LogP contribution is 2.39. The van der Waals surface area contributed by atoms with Gasteiger partial charge in [-0.25, -0.2) is 4.39 Å². The molecule has 3 rings (SSSR count). The highest BCUT2D eigenvalue weighted by atomic mass is 19.1. The van der Waals surface area contributed by atoms with Gasteiger partial charge in [-0.3, -0.25) is 9.59 Å². The highest BCUT2D eigenvalue weighted by molar-refractivity contribution is 5.82. The van der Waals surface area contributed by atoms with E-state index in [1.165, 1.54) is 12.1 Å². The number of halogens is 1. The van der Waals surface area contributed by atoms with E-state index in [1.807, 2.05) is 0 Å². The number of hydrogen-bond donors (Lipinski definition) is 1. The largest absolute Gasteiger partial charge is 0.481 e. The maximum Gasteiger partial charge on any atom is 0.308 e. The molecule has 5 heteroatoms. The number of hydrogen-bond acceptors (Lipinski definition) is 2.